The predicted octanol–water partition coefficient (Wildman–Crippen LogP) is 0.00730. The number of nitrogens with zero attached hydrogens (tertiary/aromatic N) is 3. The standard InChI is InChI=1S/C10H8N2O6S2.C7H7NO3/c11-12-8-5-6-3-1-2-4-7(6)9(19(13,14)15)10(8)20(16,17)18;1-11-7-4-2-3-6(5-7)8(9)10/h1-5,10H,(H,13,14,15)(H,16,17,18);2-5H,1H3. The van der Waals surface area contributed by atoms with Gasteiger partial charge < -0.3 is 10.3 Å². The molecule has 1 aliphatic rings. The topological polar surface area (TPSA) is 198 Å². The van der Waals surface area contributed by atoms with Crippen LogP contribution in [0.1, 0.15) is 0 Å². The lowest BCUT2D eigenvalue weighted by Gasteiger charge is -2.14. The lowest BCUT2D eigenvalue weighted by molar-refractivity contribution is -0.384. The summed E-state index contributed by atoms with van der Waals surface area (Å²) in [6.45, 7) is 0. The van der Waals surface area contributed by atoms with Crippen LogP contribution < -0.4 is 15.2 Å². The molecule has 0 aromatic heterocycles. The number of non-ortho nitro benzene ring substituents is 1. The summed E-state index contributed by atoms with van der Waals surface area (Å²) in [4.78, 5) is 11.5. The fourth-order valence-electron chi connectivity index (χ4n) is 2.73. The Morgan fingerprint density at radius 2 is 1.74 bits per heavy atom. The molecule has 164 valence electrons. The van der Waals surface area contributed by atoms with Gasteiger partial charge in [-0.1, -0.05) is 30.3 Å². The summed E-state index contributed by atoms with van der Waals surface area (Å²) in [5.74, 6) is 0.499. The van der Waals surface area contributed by atoms with Gasteiger partial charge in [0.15, 0.2) is 0 Å². The summed E-state index contributed by atoms with van der Waals surface area (Å²) in [6.07, 6.45) is 1.10. The van der Waals surface area contributed by atoms with Crippen molar-refractivity contribution in [2.75, 3.05) is 7.11 Å². The van der Waals surface area contributed by atoms with Crippen molar-refractivity contribution < 1.29 is 40.4 Å². The summed E-state index contributed by atoms with van der Waals surface area (Å²) in [5, 5.41) is 8.17. The zero-order valence-electron chi connectivity index (χ0n) is 15.7. The van der Waals surface area contributed by atoms with Crippen molar-refractivity contribution in [3.05, 3.63) is 74.6 Å². The molecule has 0 aliphatic heterocycles. The first-order valence-corrected chi connectivity index (χ1v) is 11.1. The van der Waals surface area contributed by atoms with E-state index in [1.165, 1.54) is 37.4 Å². The molecule has 0 fully saturated rings. The molecule has 2 aromatic rings. The highest BCUT2D eigenvalue weighted by Gasteiger charge is 2.45. The lowest BCUT2D eigenvalue weighted by Crippen LogP contribution is -2.45. The Bertz CT molecular complexity index is 1410. The molecule has 0 saturated carbocycles. The number of ether oxygens (including phenoxy) is 1. The highest BCUT2D eigenvalue weighted by Crippen LogP contribution is 2.20. The van der Waals surface area contributed by atoms with Crippen molar-refractivity contribution in [3.8, 4) is 5.75 Å². The second kappa shape index (κ2) is 9.16. The van der Waals surface area contributed by atoms with Crippen LogP contribution in [0.4, 0.5) is 5.69 Å². The average Bonchev–Trinajstić information content (AvgIpc) is 2.71. The van der Waals surface area contributed by atoms with Crippen molar-refractivity contribution in [1.82, 2.24) is 0 Å². The Morgan fingerprint density at radius 1 is 1.10 bits per heavy atom. The van der Waals surface area contributed by atoms with E-state index >= 15 is 0 Å². The Balaban J connectivity index is 0.000000262. The number of hydrogen-bond acceptors (Lipinski definition) is 7. The van der Waals surface area contributed by atoms with E-state index in [2.05, 4.69) is 4.79 Å². The second-order valence-corrected chi connectivity index (χ2v) is 8.84. The Labute approximate surface area is 176 Å². The zero-order valence-corrected chi connectivity index (χ0v) is 17.3. The van der Waals surface area contributed by atoms with Crippen LogP contribution in [0.2, 0.25) is 0 Å². The third kappa shape index (κ3) is 5.59. The van der Waals surface area contributed by atoms with Gasteiger partial charge in [-0.15, -0.1) is 0 Å². The van der Waals surface area contributed by atoms with Gasteiger partial charge in [-0.3, -0.25) is 19.2 Å². The minimum absolute atomic E-state index is 0.0457. The molecule has 1 aliphatic carbocycles. The van der Waals surface area contributed by atoms with Gasteiger partial charge in [-0.2, -0.15) is 21.6 Å². The van der Waals surface area contributed by atoms with Gasteiger partial charge in [0.05, 0.1) is 18.1 Å². The van der Waals surface area contributed by atoms with E-state index in [9.17, 15) is 31.5 Å². The van der Waals surface area contributed by atoms with E-state index in [1.807, 2.05) is 0 Å². The maximum Gasteiger partial charge on any atom is 0.318 e. The van der Waals surface area contributed by atoms with Gasteiger partial charge in [-0.25, -0.2) is 0 Å². The maximum atomic E-state index is 11.5. The summed E-state index contributed by atoms with van der Waals surface area (Å²) in [5.41, 5.74) is 8.26. The van der Waals surface area contributed by atoms with Crippen LogP contribution in [0.3, 0.4) is 0 Å². The first kappa shape index (κ1) is 23.9. The third-order valence-electron chi connectivity index (χ3n) is 3.99. The summed E-state index contributed by atoms with van der Waals surface area (Å²) in [6, 6.07) is 11.7. The van der Waals surface area contributed by atoms with Gasteiger partial charge >= 0.3 is 5.71 Å². The molecule has 2 aromatic carbocycles. The number of nitro benzene ring substituents is 1. The summed E-state index contributed by atoms with van der Waals surface area (Å²) in [7, 11) is -8.44. The van der Waals surface area contributed by atoms with Crippen LogP contribution in [0.15, 0.2) is 48.5 Å². The molecule has 0 amide bonds. The normalized spacial score (nSPS) is 15.5. The van der Waals surface area contributed by atoms with E-state index in [0.29, 0.717) is 5.75 Å². The van der Waals surface area contributed by atoms with Crippen LogP contribution in [-0.2, 0) is 20.2 Å². The van der Waals surface area contributed by atoms with Crippen molar-refractivity contribution in [2.24, 2.45) is 0 Å². The molecule has 0 radical (unpaired) electrons. The number of methoxy groups -OCH3 is 1. The molecule has 14 heteroatoms. The Kier molecular flexibility index (Phi) is 7.05. The fraction of sp³-hybridized carbons (Fsp3) is 0.118. The number of rotatable bonds is 4. The van der Waals surface area contributed by atoms with Gasteiger partial charge in [0.2, 0.25) is 5.25 Å². The van der Waals surface area contributed by atoms with E-state index in [1.54, 1.807) is 18.2 Å². The fourth-order valence-corrected chi connectivity index (χ4v) is 5.13. The van der Waals surface area contributed by atoms with E-state index in [0.717, 1.165) is 6.08 Å². The summed E-state index contributed by atoms with van der Waals surface area (Å²) >= 11 is 0. The van der Waals surface area contributed by atoms with Crippen LogP contribution >= 0.6 is 0 Å². The van der Waals surface area contributed by atoms with Crippen molar-refractivity contribution in [2.45, 2.75) is 5.25 Å². The van der Waals surface area contributed by atoms with Gasteiger partial charge in [-0.05, 0) is 11.3 Å². The molecule has 2 N–H and O–H groups in total. The first-order chi connectivity index (χ1) is 14.4. The number of nitro groups is 1. The second-order valence-electron chi connectivity index (χ2n) is 5.95. The summed E-state index contributed by atoms with van der Waals surface area (Å²) < 4.78 is 68.9. The van der Waals surface area contributed by atoms with Gasteiger partial charge in [0.1, 0.15) is 10.7 Å². The first-order valence-electron chi connectivity index (χ1n) is 8.15. The molecule has 1 atom stereocenters. The highest BCUT2D eigenvalue weighted by atomic mass is 32.2. The molecular formula is C17H15N3O9S2. The molecule has 0 bridgehead atoms. The molecule has 0 saturated heterocycles. The molecule has 3 rings (SSSR count). The van der Waals surface area contributed by atoms with E-state index < -0.39 is 41.0 Å². The predicted molar refractivity (Wildman–Crippen MR) is 109 cm³/mol. The minimum Gasteiger partial charge on any atom is -0.497 e. The average molecular weight is 469 g/mol. The van der Waals surface area contributed by atoms with Crippen molar-refractivity contribution >= 4 is 42.6 Å². The van der Waals surface area contributed by atoms with E-state index in [-0.39, 0.29) is 16.1 Å². The smallest absolute Gasteiger partial charge is 0.318 e. The monoisotopic (exact) mass is 469 g/mol. The molecule has 31 heavy (non-hydrogen) atoms. The SMILES string of the molecule is COc1cccc([N+](=O)[O-])c1.[N-]=[N+]=C1C=c2ccccc2=C(S(=O)(=O)O)C1S(=O)(=O)O. The van der Waals surface area contributed by atoms with Crippen molar-refractivity contribution in [3.63, 3.8) is 0 Å². The Hall–Kier alpha value is -3.42. The van der Waals surface area contributed by atoms with E-state index in [4.69, 9.17) is 14.8 Å². The van der Waals surface area contributed by atoms with Crippen LogP contribution in [-0.4, -0.2) is 53.7 Å². The quantitative estimate of drug-likeness (QED) is 0.203. The lowest BCUT2D eigenvalue weighted by atomic mass is 10.1. The highest BCUT2D eigenvalue weighted by molar-refractivity contribution is 7.98. The van der Waals surface area contributed by atoms with Crippen LogP contribution in [0, 0.1) is 10.1 Å². The largest absolute Gasteiger partial charge is 0.497 e. The third-order valence-corrected chi connectivity index (χ3v) is 6.23. The zero-order chi connectivity index (χ0) is 23.4. The molecule has 0 spiro atoms. The molecule has 12 nitrogen and oxygen atoms in total. The van der Waals surface area contributed by atoms with Crippen LogP contribution in [0.5, 0.6) is 5.75 Å². The molecule has 0 heterocycles. The number of benzene rings is 2. The minimum atomic E-state index is -4.96. The van der Waals surface area contributed by atoms with Gasteiger partial charge in [0.25, 0.3) is 25.9 Å². The number of hydrogen-bond donors (Lipinski definition) is 2. The Morgan fingerprint density at radius 3 is 2.26 bits per heavy atom. The van der Waals surface area contributed by atoms with Gasteiger partial charge in [0, 0.05) is 17.4 Å². The maximum absolute atomic E-state index is 11.5. The van der Waals surface area contributed by atoms with Crippen LogP contribution in [0.25, 0.3) is 16.5 Å². The molecular weight excluding hydrogens is 454 g/mol. The van der Waals surface area contributed by atoms with Crippen molar-refractivity contribution in [1.29, 1.82) is 0 Å². The molecule has 1 unspecified atom stereocenters. The number of fused-ring (bicyclic) bond motifs is 1.